The van der Waals surface area contributed by atoms with Gasteiger partial charge < -0.3 is 69.0 Å². The van der Waals surface area contributed by atoms with Crippen molar-refractivity contribution < 1.29 is 56.1 Å². The number of rotatable bonds is 34. The van der Waals surface area contributed by atoms with Crippen LogP contribution in [0.25, 0.3) is 0 Å². The van der Waals surface area contributed by atoms with Crippen molar-refractivity contribution in [2.24, 2.45) is 0 Å². The van der Waals surface area contributed by atoms with Gasteiger partial charge in [0.2, 0.25) is 0 Å². The molecule has 0 spiro atoms. The first-order valence-electron chi connectivity index (χ1n) is 16.6. The Morgan fingerprint density at radius 2 is 1.02 bits per heavy atom. The van der Waals surface area contributed by atoms with Gasteiger partial charge in [-0.2, -0.15) is 0 Å². The van der Waals surface area contributed by atoms with E-state index in [0.29, 0.717) is 65.3 Å². The van der Waals surface area contributed by atoms with Crippen molar-refractivity contribution in [3.8, 4) is 0 Å². The first-order valence-corrected chi connectivity index (χ1v) is 19.9. The van der Waals surface area contributed by atoms with E-state index in [9.17, 15) is 33.5 Å². The fourth-order valence-electron chi connectivity index (χ4n) is 4.03. The largest absolute Gasteiger partial charge is 0.389 e. The van der Waals surface area contributed by atoms with Crippen LogP contribution in [0.2, 0.25) is 0 Å². The van der Waals surface area contributed by atoms with E-state index in [0.717, 1.165) is 26.2 Å². The maximum atomic E-state index is 10.6. The number of nitrogens with one attached hydrogen (secondary N) is 4. The van der Waals surface area contributed by atoms with Crippen molar-refractivity contribution >= 4 is 21.7 Å². The molecule has 19 heteroatoms. The Kier molecular flexibility index (Phi) is 28.6. The molecule has 0 aromatic heterocycles. The second-order valence-corrected chi connectivity index (χ2v) is 16.3. The van der Waals surface area contributed by atoms with Crippen molar-refractivity contribution in [1.29, 1.82) is 0 Å². The summed E-state index contributed by atoms with van der Waals surface area (Å²) >= 11 is 0. The minimum atomic E-state index is -3.04. The molecule has 0 radical (unpaired) electrons. The number of nitrogens with zero attached hydrogens (tertiary/aromatic N) is 1. The molecule has 0 aromatic carbocycles. The summed E-state index contributed by atoms with van der Waals surface area (Å²) in [5.41, 5.74) is -0.273. The van der Waals surface area contributed by atoms with E-state index < -0.39 is 40.1 Å². The second-order valence-electron chi connectivity index (χ2n) is 12.4. The summed E-state index contributed by atoms with van der Waals surface area (Å²) in [5, 5.41) is 43.9. The summed E-state index contributed by atoms with van der Waals surface area (Å²) < 4.78 is 63.8. The summed E-state index contributed by atoms with van der Waals surface area (Å²) in [6.45, 7) is 13.7. The van der Waals surface area contributed by atoms with Crippen molar-refractivity contribution in [3.05, 3.63) is 0 Å². The highest BCUT2D eigenvalue weighted by molar-refractivity contribution is 8.20. The molecule has 3 unspecified atom stereocenters. The molecule has 17 nitrogen and oxygen atoms in total. The van der Waals surface area contributed by atoms with E-state index in [1.54, 1.807) is 0 Å². The third-order valence-electron chi connectivity index (χ3n) is 6.66. The lowest BCUT2D eigenvalue weighted by atomic mass is 10.2. The molecule has 3 atom stereocenters. The van der Waals surface area contributed by atoms with Crippen LogP contribution in [0.15, 0.2) is 0 Å². The molecule has 48 heavy (non-hydrogen) atoms. The summed E-state index contributed by atoms with van der Waals surface area (Å²) in [4.78, 5) is 2.10. The van der Waals surface area contributed by atoms with Gasteiger partial charge in [0.25, 0.3) is 0 Å². The first-order chi connectivity index (χ1) is 22.6. The minimum absolute atomic E-state index is 0.0717. The van der Waals surface area contributed by atoms with Crippen molar-refractivity contribution in [2.45, 2.75) is 57.5 Å². The van der Waals surface area contributed by atoms with Gasteiger partial charge in [0.05, 0.1) is 79.7 Å². The zero-order valence-corrected chi connectivity index (χ0v) is 31.4. The van der Waals surface area contributed by atoms with Gasteiger partial charge in [-0.3, -0.25) is 13.3 Å². The van der Waals surface area contributed by atoms with E-state index in [2.05, 4.69) is 34.5 Å². The summed E-state index contributed by atoms with van der Waals surface area (Å²) in [6, 6.07) is 0. The van der Waals surface area contributed by atoms with Crippen LogP contribution in [-0.4, -0.2) is 193 Å². The monoisotopic (exact) mass is 743 g/mol. The Labute approximate surface area is 291 Å². The van der Waals surface area contributed by atoms with E-state index >= 15 is 0 Å². The van der Waals surface area contributed by atoms with Crippen molar-refractivity contribution in [2.75, 3.05) is 131 Å². The van der Waals surface area contributed by atoms with Gasteiger partial charge in [0, 0.05) is 96.7 Å². The fraction of sp³-hybridized carbons (Fsp3) is 1.00. The molecule has 0 heterocycles. The molecule has 0 aromatic rings. The molecule has 294 valence electrons. The van der Waals surface area contributed by atoms with Gasteiger partial charge in [-0.1, -0.05) is 0 Å². The van der Waals surface area contributed by atoms with E-state index in [1.807, 2.05) is 20.8 Å². The van der Waals surface area contributed by atoms with Crippen molar-refractivity contribution in [3.63, 3.8) is 0 Å². The highest BCUT2D eigenvalue weighted by Gasteiger charge is 2.17. The van der Waals surface area contributed by atoms with Crippen LogP contribution < -0.4 is 21.3 Å². The average Bonchev–Trinajstić information content (AvgIpc) is 3.02. The van der Waals surface area contributed by atoms with Crippen LogP contribution in [0.1, 0.15) is 33.6 Å². The Morgan fingerprint density at radius 1 is 0.604 bits per heavy atom. The van der Waals surface area contributed by atoms with Crippen LogP contribution in [0.4, 0.5) is 0 Å². The topological polar surface area (TPSA) is 239 Å². The summed E-state index contributed by atoms with van der Waals surface area (Å²) in [7, 11) is -3.58. The van der Waals surface area contributed by atoms with E-state index in [-0.39, 0.29) is 43.5 Å². The predicted octanol–water partition coefficient (Wildman–Crippen LogP) is -0.0180. The van der Waals surface area contributed by atoms with Gasteiger partial charge in [0.1, 0.15) is 0 Å². The Balaban J connectivity index is 4.33. The Morgan fingerprint density at radius 3 is 1.52 bits per heavy atom. The molecule has 0 aliphatic rings. The Hall–Kier alpha value is 0.0200. The third kappa shape index (κ3) is 32.0. The zero-order valence-electron chi connectivity index (χ0n) is 29.8. The number of hydrogen-bond donors (Lipinski definition) is 11. The lowest BCUT2D eigenvalue weighted by molar-refractivity contribution is -0.0477. The number of ether oxygens (including phenoxy) is 3. The smallest absolute Gasteiger partial charge is 0.0900 e. The van der Waals surface area contributed by atoms with Crippen LogP contribution >= 0.6 is 21.7 Å². The highest BCUT2D eigenvalue weighted by atomic mass is 32.3. The second kappa shape index (κ2) is 28.6. The van der Waals surface area contributed by atoms with Gasteiger partial charge in [-0.25, -0.2) is 0 Å². The van der Waals surface area contributed by atoms with Crippen LogP contribution in [0.5, 0.6) is 0 Å². The standard InChI is InChI=1S/C29H69N5O12S2/c1-29(2,3)46-25-27(36)21-32-11-10-30-8-9-31-12-14-34(22-28(37)24-45-17-7-19-48(40,41)43-5)15-13-33-20-26(35)23-44-16-6-18-47(38,39)42-4/h26-28,30-33,35-41H,6-25H2,1-5H3. The molecule has 0 aliphatic heterocycles. The first kappa shape index (κ1) is 48.0. The van der Waals surface area contributed by atoms with E-state index in [4.69, 9.17) is 14.2 Å². The Bertz CT molecular complexity index is 747. The summed E-state index contributed by atoms with van der Waals surface area (Å²) in [5.74, 6) is 0.150. The normalized spacial score (nSPS) is 15.6. The lowest BCUT2D eigenvalue weighted by Gasteiger charge is -2.26. The third-order valence-corrected chi connectivity index (χ3v) is 9.37. The molecular formula is C29H69N5O12S2. The van der Waals surface area contributed by atoms with Crippen LogP contribution in [0.3, 0.4) is 0 Å². The highest BCUT2D eigenvalue weighted by Crippen LogP contribution is 2.39. The quantitative estimate of drug-likeness (QED) is 0.0389. The van der Waals surface area contributed by atoms with Gasteiger partial charge in [-0.05, 0) is 33.6 Å². The molecule has 0 saturated carbocycles. The van der Waals surface area contributed by atoms with Gasteiger partial charge in [-0.15, -0.1) is 0 Å². The number of aliphatic hydroxyl groups excluding tert-OH is 3. The predicted molar refractivity (Wildman–Crippen MR) is 192 cm³/mol. The minimum Gasteiger partial charge on any atom is -0.389 e. The molecule has 11 N–H and O–H groups in total. The average molecular weight is 744 g/mol. The van der Waals surface area contributed by atoms with Crippen LogP contribution in [-0.2, 0) is 22.6 Å². The molecule has 0 saturated heterocycles. The molecule has 0 rings (SSSR count). The molecule has 0 bridgehead atoms. The fourth-order valence-corrected chi connectivity index (χ4v) is 5.35. The maximum absolute atomic E-state index is 10.6. The number of hydrogen-bond acceptors (Lipinski definition) is 17. The number of aliphatic hydroxyl groups is 3. The SMILES string of the molecule is COS(O)(O)CCCOCC(O)CNCCN(CCNCCNCCNCC(O)COC(C)(C)C)CC(O)COCCCS(O)(O)OC. The lowest BCUT2D eigenvalue weighted by Crippen LogP contribution is -2.44. The summed E-state index contributed by atoms with van der Waals surface area (Å²) in [6.07, 6.45) is -1.23. The van der Waals surface area contributed by atoms with E-state index in [1.165, 1.54) is 14.2 Å². The molecule has 0 aliphatic carbocycles. The van der Waals surface area contributed by atoms with Gasteiger partial charge >= 0.3 is 0 Å². The molecule has 0 fully saturated rings. The van der Waals surface area contributed by atoms with Crippen LogP contribution in [0, 0.1) is 0 Å². The maximum Gasteiger partial charge on any atom is 0.0900 e. The molecular weight excluding hydrogens is 674 g/mol. The van der Waals surface area contributed by atoms with Gasteiger partial charge in [0.15, 0.2) is 0 Å². The molecule has 0 amide bonds. The van der Waals surface area contributed by atoms with Crippen molar-refractivity contribution in [1.82, 2.24) is 26.2 Å². The zero-order chi connectivity index (χ0) is 36.3.